The second-order valence-corrected chi connectivity index (χ2v) is 4.98. The molecule has 0 heterocycles. The zero-order chi connectivity index (χ0) is 18.1. The topological polar surface area (TPSA) is 79.5 Å². The fourth-order valence-corrected chi connectivity index (χ4v) is 1.74. The van der Waals surface area contributed by atoms with E-state index < -0.39 is 37.7 Å². The lowest BCUT2D eigenvalue weighted by molar-refractivity contribution is -0.122. The molecule has 1 rings (SSSR count). The predicted molar refractivity (Wildman–Crippen MR) is 83.3 cm³/mol. The molecule has 0 saturated heterocycles. The fraction of sp³-hybridized carbons (Fsp3) is 0.467. The summed E-state index contributed by atoms with van der Waals surface area (Å²) < 4.78 is 41.3. The Kier molecular flexibility index (Phi) is 7.87. The number of benzene rings is 1. The van der Waals surface area contributed by atoms with Gasteiger partial charge in [-0.05, 0) is 25.5 Å². The fourth-order valence-electron chi connectivity index (χ4n) is 1.74. The van der Waals surface area contributed by atoms with Gasteiger partial charge in [0.2, 0.25) is 5.91 Å². The number of urea groups is 1. The third-order valence-electron chi connectivity index (χ3n) is 2.95. The summed E-state index contributed by atoms with van der Waals surface area (Å²) in [5, 5.41) is 7.14. The molecular formula is C15H20F3N3O3. The number of anilines is 1. The van der Waals surface area contributed by atoms with E-state index in [0.29, 0.717) is 11.3 Å². The van der Waals surface area contributed by atoms with Crippen molar-refractivity contribution in [1.82, 2.24) is 10.6 Å². The Hall–Kier alpha value is -2.45. The Balaban J connectivity index is 2.60. The van der Waals surface area contributed by atoms with Crippen molar-refractivity contribution in [3.63, 3.8) is 0 Å². The van der Waals surface area contributed by atoms with Crippen molar-refractivity contribution in [2.75, 3.05) is 25.1 Å². The molecule has 0 spiro atoms. The van der Waals surface area contributed by atoms with Gasteiger partial charge in [0.05, 0.1) is 0 Å². The largest absolute Gasteiger partial charge is 0.487 e. The van der Waals surface area contributed by atoms with Gasteiger partial charge in [-0.3, -0.25) is 4.79 Å². The first kappa shape index (κ1) is 19.6. The molecule has 9 heteroatoms. The molecule has 134 valence electrons. The summed E-state index contributed by atoms with van der Waals surface area (Å²) in [7, 11) is 0. The maximum Gasteiger partial charge on any atom is 0.319 e. The van der Waals surface area contributed by atoms with Gasteiger partial charge in [0.1, 0.15) is 25.1 Å². The molecule has 0 aromatic heterocycles. The minimum absolute atomic E-state index is 0.130. The molecule has 6 nitrogen and oxygen atoms in total. The Morgan fingerprint density at radius 3 is 2.62 bits per heavy atom. The van der Waals surface area contributed by atoms with Gasteiger partial charge in [-0.25, -0.2) is 18.0 Å². The van der Waals surface area contributed by atoms with E-state index in [4.69, 9.17) is 4.74 Å². The second kappa shape index (κ2) is 9.64. The third-order valence-corrected chi connectivity index (χ3v) is 2.95. The predicted octanol–water partition coefficient (Wildman–Crippen LogP) is 2.23. The van der Waals surface area contributed by atoms with Gasteiger partial charge >= 0.3 is 6.03 Å². The zero-order valence-electron chi connectivity index (χ0n) is 13.4. The van der Waals surface area contributed by atoms with Crippen LogP contribution in [0.25, 0.3) is 0 Å². The van der Waals surface area contributed by atoms with Crippen molar-refractivity contribution in [2.24, 2.45) is 0 Å². The van der Waals surface area contributed by atoms with Crippen LogP contribution in [0.5, 0.6) is 5.75 Å². The van der Waals surface area contributed by atoms with Crippen LogP contribution >= 0.6 is 0 Å². The molecular weight excluding hydrogens is 327 g/mol. The highest BCUT2D eigenvalue weighted by Crippen LogP contribution is 2.23. The van der Waals surface area contributed by atoms with Crippen molar-refractivity contribution in [3.8, 4) is 5.75 Å². The number of halogens is 3. The molecule has 0 fully saturated rings. The number of rotatable bonds is 8. The first-order chi connectivity index (χ1) is 11.3. The van der Waals surface area contributed by atoms with E-state index >= 15 is 0 Å². The summed E-state index contributed by atoms with van der Waals surface area (Å²) in [6.07, 6.45) is -2.60. The van der Waals surface area contributed by atoms with Crippen LogP contribution < -0.4 is 20.7 Å². The molecule has 1 unspecified atom stereocenters. The number of amides is 3. The molecule has 0 aliphatic heterocycles. The van der Waals surface area contributed by atoms with E-state index in [1.165, 1.54) is 13.0 Å². The van der Waals surface area contributed by atoms with Gasteiger partial charge in [-0.2, -0.15) is 0 Å². The minimum atomic E-state index is -2.60. The summed E-state index contributed by atoms with van der Waals surface area (Å²) >= 11 is 0. The smallest absolute Gasteiger partial charge is 0.319 e. The standard InChI is InChI=1S/C15H20F3N3O3/c1-9-3-4-11(7-12(9)24-8-13(17)18)21-15(23)20-10(2)14(22)19-6-5-16/h3-4,7,10,13H,5-6,8H2,1-2H3,(H,19,22)(H2,20,21,23). The van der Waals surface area contributed by atoms with Crippen molar-refractivity contribution >= 4 is 17.6 Å². The van der Waals surface area contributed by atoms with Crippen LogP contribution in [0, 0.1) is 6.92 Å². The number of hydrogen-bond acceptors (Lipinski definition) is 3. The van der Waals surface area contributed by atoms with Crippen LogP contribution in [0.2, 0.25) is 0 Å². The number of hydrogen-bond donors (Lipinski definition) is 3. The number of nitrogens with one attached hydrogen (secondary N) is 3. The number of aryl methyl sites for hydroxylation is 1. The van der Waals surface area contributed by atoms with Crippen LogP contribution in [-0.2, 0) is 4.79 Å². The van der Waals surface area contributed by atoms with Gasteiger partial charge in [0.25, 0.3) is 6.43 Å². The summed E-state index contributed by atoms with van der Waals surface area (Å²) in [6, 6.07) is 3.05. The van der Waals surface area contributed by atoms with Gasteiger partial charge in [-0.15, -0.1) is 0 Å². The Labute approximate surface area is 137 Å². The summed E-state index contributed by atoms with van der Waals surface area (Å²) in [5.74, 6) is -0.297. The Morgan fingerprint density at radius 1 is 1.29 bits per heavy atom. The maximum atomic E-state index is 12.2. The molecule has 1 atom stereocenters. The van der Waals surface area contributed by atoms with Crippen molar-refractivity contribution in [1.29, 1.82) is 0 Å². The average Bonchev–Trinajstić information content (AvgIpc) is 2.52. The van der Waals surface area contributed by atoms with Gasteiger partial charge in [0, 0.05) is 18.3 Å². The summed E-state index contributed by atoms with van der Waals surface area (Å²) in [6.45, 7) is 1.55. The molecule has 3 N–H and O–H groups in total. The lowest BCUT2D eigenvalue weighted by Crippen LogP contribution is -2.46. The van der Waals surface area contributed by atoms with Crippen molar-refractivity contribution in [2.45, 2.75) is 26.3 Å². The zero-order valence-corrected chi connectivity index (χ0v) is 13.4. The normalized spacial score (nSPS) is 11.8. The Bertz CT molecular complexity index is 570. The molecule has 0 bridgehead atoms. The number of carbonyl (C=O) groups excluding carboxylic acids is 2. The first-order valence-electron chi connectivity index (χ1n) is 7.26. The van der Waals surface area contributed by atoms with Crippen LogP contribution in [0.15, 0.2) is 18.2 Å². The molecule has 3 amide bonds. The molecule has 0 aliphatic carbocycles. The highest BCUT2D eigenvalue weighted by atomic mass is 19.3. The van der Waals surface area contributed by atoms with E-state index in [1.54, 1.807) is 19.1 Å². The van der Waals surface area contributed by atoms with Gasteiger partial charge in [-0.1, -0.05) is 6.07 Å². The molecule has 0 aliphatic rings. The van der Waals surface area contributed by atoms with E-state index in [0.717, 1.165) is 0 Å². The quantitative estimate of drug-likeness (QED) is 0.675. The molecule has 1 aromatic carbocycles. The van der Waals surface area contributed by atoms with Gasteiger partial charge < -0.3 is 20.7 Å². The lowest BCUT2D eigenvalue weighted by atomic mass is 10.2. The van der Waals surface area contributed by atoms with E-state index in [-0.39, 0.29) is 12.3 Å². The van der Waals surface area contributed by atoms with Crippen LogP contribution in [-0.4, -0.2) is 44.2 Å². The highest BCUT2D eigenvalue weighted by Gasteiger charge is 2.15. The first-order valence-corrected chi connectivity index (χ1v) is 7.26. The molecule has 0 radical (unpaired) electrons. The van der Waals surface area contributed by atoms with Gasteiger partial charge in [0.15, 0.2) is 0 Å². The number of carbonyl (C=O) groups is 2. The maximum absolute atomic E-state index is 12.2. The van der Waals surface area contributed by atoms with Crippen molar-refractivity contribution in [3.05, 3.63) is 23.8 Å². The van der Waals surface area contributed by atoms with Crippen LogP contribution in [0.1, 0.15) is 12.5 Å². The lowest BCUT2D eigenvalue weighted by Gasteiger charge is -2.15. The number of ether oxygens (including phenoxy) is 1. The third kappa shape index (κ3) is 6.76. The highest BCUT2D eigenvalue weighted by molar-refractivity contribution is 5.93. The molecule has 24 heavy (non-hydrogen) atoms. The van der Waals surface area contributed by atoms with E-state index in [1.807, 2.05) is 0 Å². The average molecular weight is 347 g/mol. The van der Waals surface area contributed by atoms with Crippen molar-refractivity contribution < 1.29 is 27.5 Å². The Morgan fingerprint density at radius 2 is 2.00 bits per heavy atom. The second-order valence-electron chi connectivity index (χ2n) is 4.98. The molecule has 1 aromatic rings. The summed E-state index contributed by atoms with van der Waals surface area (Å²) in [5.41, 5.74) is 0.958. The summed E-state index contributed by atoms with van der Waals surface area (Å²) in [4.78, 5) is 23.4. The van der Waals surface area contributed by atoms with Crippen LogP contribution in [0.4, 0.5) is 23.7 Å². The minimum Gasteiger partial charge on any atom is -0.487 e. The molecule has 0 saturated carbocycles. The van der Waals surface area contributed by atoms with E-state index in [9.17, 15) is 22.8 Å². The number of alkyl halides is 3. The van der Waals surface area contributed by atoms with Crippen LogP contribution in [0.3, 0.4) is 0 Å². The van der Waals surface area contributed by atoms with E-state index in [2.05, 4.69) is 16.0 Å². The SMILES string of the molecule is Cc1ccc(NC(=O)NC(C)C(=O)NCCF)cc1OCC(F)F. The monoisotopic (exact) mass is 347 g/mol.